The highest BCUT2D eigenvalue weighted by molar-refractivity contribution is 6.42. The molecule has 2 aromatic rings. The van der Waals surface area contributed by atoms with Crippen LogP contribution in [0.3, 0.4) is 0 Å². The average molecular weight is 661 g/mol. The Labute approximate surface area is 277 Å². The van der Waals surface area contributed by atoms with Crippen LogP contribution in [0.5, 0.6) is 0 Å². The maximum absolute atomic E-state index is 13.9. The summed E-state index contributed by atoms with van der Waals surface area (Å²) in [6, 6.07) is 11.3. The Hall–Kier alpha value is -2.81. The molecule has 2 aromatic carbocycles. The van der Waals surface area contributed by atoms with Crippen molar-refractivity contribution in [1.29, 1.82) is 0 Å². The minimum atomic E-state index is -0.671. The summed E-state index contributed by atoms with van der Waals surface area (Å²) < 4.78 is 11.2. The molecule has 2 unspecified atom stereocenters. The maximum Gasteiger partial charge on any atom is 0.326 e. The third kappa shape index (κ3) is 9.60. The van der Waals surface area contributed by atoms with E-state index in [2.05, 4.69) is 11.0 Å². The molecule has 246 valence electrons. The molecule has 0 aromatic heterocycles. The summed E-state index contributed by atoms with van der Waals surface area (Å²) in [5.41, 5.74) is 2.33. The summed E-state index contributed by atoms with van der Waals surface area (Å²) >= 11 is 12.4. The van der Waals surface area contributed by atoms with Gasteiger partial charge in [-0.25, -0.2) is 0 Å². The van der Waals surface area contributed by atoms with Gasteiger partial charge in [-0.2, -0.15) is 0 Å². The molecule has 2 atom stereocenters. The maximum atomic E-state index is 13.9. The monoisotopic (exact) mass is 659 g/mol. The number of carbonyl (C=O) groups is 3. The predicted molar refractivity (Wildman–Crippen MR) is 179 cm³/mol. The van der Waals surface area contributed by atoms with Gasteiger partial charge in [0, 0.05) is 18.8 Å². The van der Waals surface area contributed by atoms with Crippen molar-refractivity contribution in [2.45, 2.75) is 96.9 Å². The molecule has 45 heavy (non-hydrogen) atoms. The largest absolute Gasteiger partial charge is 0.459 e. The van der Waals surface area contributed by atoms with Gasteiger partial charge in [0.25, 0.3) is 0 Å². The Kier molecular flexibility index (Phi) is 11.1. The Morgan fingerprint density at radius 2 is 1.47 bits per heavy atom. The Morgan fingerprint density at radius 1 is 0.867 bits per heavy atom. The summed E-state index contributed by atoms with van der Waals surface area (Å²) in [5.74, 6) is -0.909. The third-order valence-electron chi connectivity index (χ3n) is 8.13. The van der Waals surface area contributed by atoms with Crippen LogP contribution in [0.1, 0.15) is 83.5 Å². The summed E-state index contributed by atoms with van der Waals surface area (Å²) in [4.78, 5) is 45.9. The van der Waals surface area contributed by atoms with Crippen LogP contribution in [0.15, 0.2) is 36.4 Å². The van der Waals surface area contributed by atoms with Gasteiger partial charge in [-0.3, -0.25) is 19.3 Å². The normalized spacial score (nSPS) is 18.7. The number of halogens is 2. The van der Waals surface area contributed by atoms with Gasteiger partial charge in [0.2, 0.25) is 5.91 Å². The number of esters is 2. The summed E-state index contributed by atoms with van der Waals surface area (Å²) in [7, 11) is 1.87. The number of rotatable bonds is 9. The second-order valence-corrected chi connectivity index (χ2v) is 15.0. The van der Waals surface area contributed by atoms with Gasteiger partial charge >= 0.3 is 11.9 Å². The van der Waals surface area contributed by atoms with Crippen molar-refractivity contribution in [2.24, 2.45) is 0 Å². The molecule has 1 aliphatic carbocycles. The third-order valence-corrected chi connectivity index (χ3v) is 8.87. The first-order chi connectivity index (χ1) is 21.0. The fraction of sp³-hybridized carbons (Fsp3) is 0.571. The zero-order valence-corrected chi connectivity index (χ0v) is 29.1. The quantitative estimate of drug-likeness (QED) is 0.279. The van der Waals surface area contributed by atoms with Crippen LogP contribution in [0, 0.1) is 0 Å². The standard InChI is InChI=1S/C35H47Cl2N3O5/c1-34(2,3)44-31(42)21-40(22-32(43)45-35(4,5)6)25-13-11-24-12-15-29(39-16-8-9-17-39)33(26(24)20-25)38(7)30(41)19-23-10-14-27(36)28(37)18-23/h10-11,13-14,18,20,29,33H,8-9,12,15-17,19,21-22H2,1-7H3. The molecule has 1 aliphatic heterocycles. The molecule has 1 fully saturated rings. The zero-order valence-electron chi connectivity index (χ0n) is 27.6. The summed E-state index contributed by atoms with van der Waals surface area (Å²) in [5, 5.41) is 0.869. The van der Waals surface area contributed by atoms with Crippen LogP contribution in [-0.4, -0.2) is 78.1 Å². The first kappa shape index (κ1) is 35.1. The molecule has 0 bridgehead atoms. The van der Waals surface area contributed by atoms with Gasteiger partial charge in [-0.1, -0.05) is 35.3 Å². The fourth-order valence-electron chi connectivity index (χ4n) is 6.27. The molecule has 1 amide bonds. The minimum absolute atomic E-state index is 0.0276. The average Bonchev–Trinajstić information content (AvgIpc) is 3.46. The van der Waals surface area contributed by atoms with Crippen molar-refractivity contribution in [2.75, 3.05) is 38.1 Å². The van der Waals surface area contributed by atoms with Crippen molar-refractivity contribution < 1.29 is 23.9 Å². The van der Waals surface area contributed by atoms with E-state index in [1.54, 1.807) is 17.0 Å². The second-order valence-electron chi connectivity index (χ2n) is 14.1. The van der Waals surface area contributed by atoms with Gasteiger partial charge in [0.1, 0.15) is 24.3 Å². The molecule has 0 spiro atoms. The van der Waals surface area contributed by atoms with Crippen LogP contribution in [-0.2, 0) is 36.7 Å². The highest BCUT2D eigenvalue weighted by Gasteiger charge is 2.39. The van der Waals surface area contributed by atoms with Crippen molar-refractivity contribution in [3.8, 4) is 0 Å². The smallest absolute Gasteiger partial charge is 0.326 e. The van der Waals surface area contributed by atoms with E-state index in [4.69, 9.17) is 32.7 Å². The molecular formula is C35H47Cl2N3O5. The number of nitrogens with zero attached hydrogens (tertiary/aromatic N) is 3. The lowest BCUT2D eigenvalue weighted by Crippen LogP contribution is -2.49. The second kappa shape index (κ2) is 14.3. The van der Waals surface area contributed by atoms with Crippen molar-refractivity contribution in [3.63, 3.8) is 0 Å². The van der Waals surface area contributed by atoms with Gasteiger partial charge < -0.3 is 19.3 Å². The number of hydrogen-bond donors (Lipinski definition) is 0. The van der Waals surface area contributed by atoms with E-state index < -0.39 is 23.1 Å². The van der Waals surface area contributed by atoms with E-state index in [1.807, 2.05) is 71.7 Å². The number of hydrogen-bond acceptors (Lipinski definition) is 7. The Balaban J connectivity index is 1.70. The minimum Gasteiger partial charge on any atom is -0.459 e. The summed E-state index contributed by atoms with van der Waals surface area (Å²) in [6.07, 6.45) is 4.27. The van der Waals surface area contributed by atoms with Crippen molar-refractivity contribution in [3.05, 3.63) is 63.1 Å². The van der Waals surface area contributed by atoms with Crippen molar-refractivity contribution in [1.82, 2.24) is 9.80 Å². The lowest BCUT2D eigenvalue weighted by atomic mass is 9.82. The topological polar surface area (TPSA) is 79.4 Å². The first-order valence-corrected chi connectivity index (χ1v) is 16.5. The van der Waals surface area contributed by atoms with Crippen molar-refractivity contribution >= 4 is 46.7 Å². The molecule has 4 rings (SSSR count). The number of benzene rings is 2. The lowest BCUT2D eigenvalue weighted by molar-refractivity contribution is -0.154. The van der Waals surface area contributed by atoms with Crippen LogP contribution in [0.25, 0.3) is 0 Å². The predicted octanol–water partition coefficient (Wildman–Crippen LogP) is 6.64. The molecule has 0 N–H and O–H groups in total. The fourth-order valence-corrected chi connectivity index (χ4v) is 6.60. The van der Waals surface area contributed by atoms with Gasteiger partial charge in [0.05, 0.1) is 22.5 Å². The molecule has 1 heterocycles. The number of aryl methyl sites for hydroxylation is 1. The highest BCUT2D eigenvalue weighted by Crippen LogP contribution is 2.40. The number of carbonyl (C=O) groups excluding carboxylic acids is 3. The SMILES string of the molecule is CN(C(=O)Cc1ccc(Cl)c(Cl)c1)C1c2cc(N(CC(=O)OC(C)(C)C)CC(=O)OC(C)(C)C)ccc2CCC1N1CCCC1. The Bertz CT molecular complexity index is 1360. The highest BCUT2D eigenvalue weighted by atomic mass is 35.5. The van der Waals surface area contributed by atoms with Crippen LogP contribution < -0.4 is 4.90 Å². The van der Waals surface area contributed by atoms with Gasteiger partial charge in [-0.15, -0.1) is 0 Å². The summed E-state index contributed by atoms with van der Waals surface area (Å²) in [6.45, 7) is 12.6. The van der Waals surface area contributed by atoms with Crippen LogP contribution in [0.2, 0.25) is 10.0 Å². The van der Waals surface area contributed by atoms with E-state index in [0.717, 1.165) is 55.5 Å². The number of fused-ring (bicyclic) bond motifs is 1. The number of likely N-dealkylation sites (tertiary alicyclic amines) is 1. The van der Waals surface area contributed by atoms with E-state index >= 15 is 0 Å². The lowest BCUT2D eigenvalue weighted by Gasteiger charge is -2.44. The van der Waals surface area contributed by atoms with E-state index in [0.29, 0.717) is 15.7 Å². The van der Waals surface area contributed by atoms with E-state index in [9.17, 15) is 14.4 Å². The van der Waals surface area contributed by atoms with Crippen LogP contribution >= 0.6 is 23.2 Å². The number of ether oxygens (including phenoxy) is 2. The molecular weight excluding hydrogens is 613 g/mol. The van der Waals surface area contributed by atoms with E-state index in [1.165, 1.54) is 0 Å². The number of likely N-dealkylation sites (N-methyl/N-ethyl adjacent to an activating group) is 1. The zero-order chi connectivity index (χ0) is 33.1. The molecule has 0 saturated carbocycles. The molecule has 10 heteroatoms. The first-order valence-electron chi connectivity index (χ1n) is 15.8. The molecule has 8 nitrogen and oxygen atoms in total. The van der Waals surface area contributed by atoms with Gasteiger partial charge in [-0.05, 0) is 121 Å². The Morgan fingerprint density at radius 3 is 2.02 bits per heavy atom. The van der Waals surface area contributed by atoms with Crippen LogP contribution in [0.4, 0.5) is 5.69 Å². The number of amides is 1. The molecule has 0 radical (unpaired) electrons. The van der Waals surface area contributed by atoms with Gasteiger partial charge in [0.15, 0.2) is 0 Å². The van der Waals surface area contributed by atoms with E-state index in [-0.39, 0.29) is 37.5 Å². The molecule has 1 saturated heterocycles. The molecule has 2 aliphatic rings. The number of anilines is 1.